The van der Waals surface area contributed by atoms with E-state index < -0.39 is 31.6 Å². The number of halogens is 1. The summed E-state index contributed by atoms with van der Waals surface area (Å²) < 4.78 is 4.65. The van der Waals surface area contributed by atoms with Gasteiger partial charge in [0, 0.05) is 16.9 Å². The molecule has 0 radical (unpaired) electrons. The molecule has 0 aliphatic carbocycles. The number of hydrogen-bond acceptors (Lipinski definition) is 2. The van der Waals surface area contributed by atoms with Gasteiger partial charge in [-0.1, -0.05) is 37.6 Å². The molecule has 0 fully saturated rings. The van der Waals surface area contributed by atoms with Crippen molar-refractivity contribution in [3.05, 3.63) is 34.9 Å². The maximum atomic E-state index is 10.9. The van der Waals surface area contributed by atoms with E-state index in [1.807, 2.05) is 13.8 Å². The maximum absolute atomic E-state index is 10.9. The third-order valence-electron chi connectivity index (χ3n) is 3.65. The molecule has 0 aromatic heterocycles. The summed E-state index contributed by atoms with van der Waals surface area (Å²) >= 11 is 5.06. The molecule has 0 saturated heterocycles. The molecule has 1 atom stereocenters. The minimum atomic E-state index is -1.04. The van der Waals surface area contributed by atoms with Crippen LogP contribution in [0.3, 0.4) is 0 Å². The van der Waals surface area contributed by atoms with Crippen LogP contribution in [0.25, 0.3) is 0 Å². The van der Waals surface area contributed by atoms with Gasteiger partial charge < -0.3 is 9.90 Å². The first-order chi connectivity index (χ1) is 9.87. The van der Waals surface area contributed by atoms with E-state index in [1.165, 1.54) is 0 Å². The predicted molar refractivity (Wildman–Crippen MR) is 91.2 cm³/mol. The van der Waals surface area contributed by atoms with Gasteiger partial charge in [-0.15, -0.1) is 0 Å². The van der Waals surface area contributed by atoms with E-state index >= 15 is 0 Å². The van der Waals surface area contributed by atoms with Crippen molar-refractivity contribution < 1.29 is 9.90 Å². The zero-order valence-corrected chi connectivity index (χ0v) is 17.4. The third kappa shape index (κ3) is 8.10. The van der Waals surface area contributed by atoms with Crippen molar-refractivity contribution in [3.63, 3.8) is 0 Å². The zero-order chi connectivity index (χ0) is 16.4. The molecule has 0 amide bonds. The molecule has 0 N–H and O–H groups in total. The molecule has 1 unspecified atom stereocenters. The van der Waals surface area contributed by atoms with E-state index in [-0.39, 0.29) is 5.92 Å². The van der Waals surface area contributed by atoms with E-state index in [0.29, 0.717) is 5.02 Å². The van der Waals surface area contributed by atoms with Gasteiger partial charge in [0.1, 0.15) is 0 Å². The van der Waals surface area contributed by atoms with Gasteiger partial charge in [-0.05, 0) is 23.6 Å². The van der Waals surface area contributed by atoms with Gasteiger partial charge in [-0.25, -0.2) is 0 Å². The predicted octanol–water partition coefficient (Wildman–Crippen LogP) is 4.37. The van der Waals surface area contributed by atoms with Crippen LogP contribution in [0.1, 0.15) is 46.1 Å². The van der Waals surface area contributed by atoms with E-state index in [2.05, 4.69) is 20.8 Å². The second kappa shape index (κ2) is 11.4. The molecule has 118 valence electrons. The fourth-order valence-corrected chi connectivity index (χ4v) is 6.62. The standard InChI is InChI=1S/C11H13ClO2.3C2H5.Sn/c1-7(2)10(11(13)14)8-3-5-9(12)6-4-8;3*1-2;/h3-7,10H,1-2H3,(H,13,14);3*1H2,2H3;/q;;;;+1/p-1. The molecule has 0 aliphatic rings. The Labute approximate surface area is 141 Å². The van der Waals surface area contributed by atoms with Gasteiger partial charge in [-0.2, -0.15) is 0 Å². The van der Waals surface area contributed by atoms with E-state index in [0.717, 1.165) is 5.56 Å². The number of carbonyl (C=O) groups excluding carboxylic acids is 1. The molecule has 1 aromatic carbocycles. The Morgan fingerprint density at radius 2 is 1.52 bits per heavy atom. The molecule has 2 nitrogen and oxygen atoms in total. The first kappa shape index (κ1) is 20.8. The molecule has 0 spiro atoms. The topological polar surface area (TPSA) is 40.1 Å². The fraction of sp³-hybridized carbons (Fsp3) is 0.588. The Morgan fingerprint density at radius 3 is 1.76 bits per heavy atom. The fourth-order valence-electron chi connectivity index (χ4n) is 2.21. The van der Waals surface area contributed by atoms with E-state index in [9.17, 15) is 9.90 Å². The van der Waals surface area contributed by atoms with Crippen molar-refractivity contribution in [1.82, 2.24) is 0 Å². The Bertz CT molecular complexity index is 394. The quantitative estimate of drug-likeness (QED) is 0.645. The molecular formula is C17H27ClO2Sn. The number of benzene rings is 1. The molecule has 0 aliphatic heterocycles. The first-order valence-corrected chi connectivity index (χ1v) is 14.1. The Morgan fingerprint density at radius 1 is 1.10 bits per heavy atom. The van der Waals surface area contributed by atoms with Crippen LogP contribution >= 0.6 is 11.6 Å². The van der Waals surface area contributed by atoms with Gasteiger partial charge in [0.15, 0.2) is 0 Å². The van der Waals surface area contributed by atoms with Crippen LogP contribution in [0.5, 0.6) is 0 Å². The van der Waals surface area contributed by atoms with Gasteiger partial charge in [0.2, 0.25) is 0 Å². The van der Waals surface area contributed by atoms with Crippen molar-refractivity contribution in [2.24, 2.45) is 5.92 Å². The third-order valence-corrected chi connectivity index (χ3v) is 12.5. The van der Waals surface area contributed by atoms with Crippen LogP contribution < -0.4 is 5.11 Å². The van der Waals surface area contributed by atoms with Crippen molar-refractivity contribution >= 4 is 37.3 Å². The summed E-state index contributed by atoms with van der Waals surface area (Å²) in [6, 6.07) is 6.83. The Balaban J connectivity index is 0.000000486. The summed E-state index contributed by atoms with van der Waals surface area (Å²) in [5.74, 6) is -1.59. The van der Waals surface area contributed by atoms with Gasteiger partial charge in [0.05, 0.1) is 0 Å². The second-order valence-electron chi connectivity index (χ2n) is 5.40. The number of rotatable bonds is 6. The van der Waals surface area contributed by atoms with Crippen LogP contribution in [-0.2, 0) is 4.79 Å². The summed E-state index contributed by atoms with van der Waals surface area (Å²) in [4.78, 5) is 10.9. The Kier molecular flexibility index (Phi) is 11.2. The molecule has 4 heteroatoms. The summed E-state index contributed by atoms with van der Waals surface area (Å²) in [7, 11) is 0. The normalized spacial score (nSPS) is 11.6. The molecule has 21 heavy (non-hydrogen) atoms. The number of carboxylic acids is 1. The minimum absolute atomic E-state index is 0.0150. The molecule has 1 rings (SSSR count). The number of aliphatic carboxylic acids is 1. The van der Waals surface area contributed by atoms with Crippen LogP contribution in [0.2, 0.25) is 18.3 Å². The average Bonchev–Trinajstić information content (AvgIpc) is 2.43. The van der Waals surface area contributed by atoms with E-state index in [1.54, 1.807) is 37.6 Å². The summed E-state index contributed by atoms with van der Waals surface area (Å²) in [6.07, 6.45) is 0. The zero-order valence-electron chi connectivity index (χ0n) is 13.8. The van der Waals surface area contributed by atoms with Gasteiger partial charge >= 0.3 is 53.8 Å². The molecule has 1 aromatic rings. The average molecular weight is 418 g/mol. The van der Waals surface area contributed by atoms with Gasteiger partial charge in [0.25, 0.3) is 0 Å². The molecular weight excluding hydrogens is 390 g/mol. The number of carbonyl (C=O) groups is 1. The van der Waals surface area contributed by atoms with Crippen LogP contribution in [-0.4, -0.2) is 25.7 Å². The van der Waals surface area contributed by atoms with Crippen LogP contribution in [0.15, 0.2) is 24.3 Å². The molecule has 0 heterocycles. The SMILES string of the molecule is CC(C)C(C(=O)[O-])c1ccc(Cl)cc1.C[CH2][Sn+]([CH2]C)[CH2]C. The monoisotopic (exact) mass is 418 g/mol. The van der Waals surface area contributed by atoms with E-state index in [4.69, 9.17) is 11.6 Å². The molecule has 0 saturated carbocycles. The summed E-state index contributed by atoms with van der Waals surface area (Å²) in [6.45, 7) is 10.8. The van der Waals surface area contributed by atoms with Crippen molar-refractivity contribution in [1.29, 1.82) is 0 Å². The Hall–Kier alpha value is -0.221. The number of carboxylic acid groups (broad SMARTS) is 1. The van der Waals surface area contributed by atoms with Crippen molar-refractivity contribution in [2.75, 3.05) is 0 Å². The second-order valence-corrected chi connectivity index (χ2v) is 16.2. The van der Waals surface area contributed by atoms with Crippen molar-refractivity contribution in [2.45, 2.75) is 53.8 Å². The van der Waals surface area contributed by atoms with Gasteiger partial charge in [-0.3, -0.25) is 0 Å². The summed E-state index contributed by atoms with van der Waals surface area (Å²) in [5.41, 5.74) is 0.740. The van der Waals surface area contributed by atoms with Crippen LogP contribution in [0, 0.1) is 5.92 Å². The summed E-state index contributed by atoms with van der Waals surface area (Å²) in [5, 5.41) is 11.5. The van der Waals surface area contributed by atoms with Crippen molar-refractivity contribution in [3.8, 4) is 0 Å². The molecule has 0 bridgehead atoms. The first-order valence-electron chi connectivity index (χ1n) is 7.67. The number of hydrogen-bond donors (Lipinski definition) is 0. The van der Waals surface area contributed by atoms with Crippen LogP contribution in [0.4, 0.5) is 0 Å².